The van der Waals surface area contributed by atoms with Gasteiger partial charge in [0.1, 0.15) is 17.6 Å². The largest absolute Gasteiger partial charge is 0.508 e. The van der Waals surface area contributed by atoms with Crippen molar-refractivity contribution >= 4 is 0 Å². The van der Waals surface area contributed by atoms with Crippen LogP contribution in [0, 0.1) is 0 Å². The third-order valence-corrected chi connectivity index (χ3v) is 5.28. The number of phenols is 3. The van der Waals surface area contributed by atoms with Gasteiger partial charge in [-0.05, 0) is 71.1 Å². The van der Waals surface area contributed by atoms with E-state index in [1.165, 1.54) is 0 Å². The van der Waals surface area contributed by atoms with E-state index in [1.54, 1.807) is 12.1 Å². The van der Waals surface area contributed by atoms with Crippen molar-refractivity contribution in [3.63, 3.8) is 0 Å². The molecule has 0 amide bonds. The summed E-state index contributed by atoms with van der Waals surface area (Å²) < 4.78 is 6.23. The van der Waals surface area contributed by atoms with E-state index in [4.69, 9.17) is 4.74 Å². The van der Waals surface area contributed by atoms with Gasteiger partial charge in [0, 0.05) is 22.8 Å². The summed E-state index contributed by atoms with van der Waals surface area (Å²) in [6, 6.07) is 7.16. The van der Waals surface area contributed by atoms with Crippen LogP contribution < -0.4 is 4.74 Å². The molecule has 1 aliphatic rings. The van der Waals surface area contributed by atoms with E-state index in [1.807, 2.05) is 52.0 Å². The fourth-order valence-electron chi connectivity index (χ4n) is 3.63. The lowest BCUT2D eigenvalue weighted by Gasteiger charge is -2.29. The molecule has 0 aromatic heterocycles. The number of hydrogen-bond acceptors (Lipinski definition) is 4. The molecule has 4 heteroatoms. The maximum Gasteiger partial charge on any atom is 0.161 e. The number of benzene rings is 2. The molecule has 0 bridgehead atoms. The number of ether oxygens (including phenoxy) is 1. The SMILES string of the molecule is CC(C)=CCc1cc([C@H]2CCc3ccc(O)cc3O2)c(CC=C(C)C)c(O)c1O. The molecular formula is C25H30O4. The summed E-state index contributed by atoms with van der Waals surface area (Å²) in [6.07, 6.45) is 6.48. The van der Waals surface area contributed by atoms with Crippen LogP contribution in [-0.2, 0) is 19.3 Å². The minimum atomic E-state index is -0.248. The van der Waals surface area contributed by atoms with Gasteiger partial charge in [-0.1, -0.05) is 29.4 Å². The third-order valence-electron chi connectivity index (χ3n) is 5.28. The Kier molecular flexibility index (Phi) is 6.21. The van der Waals surface area contributed by atoms with Gasteiger partial charge in [-0.15, -0.1) is 0 Å². The summed E-state index contributed by atoms with van der Waals surface area (Å²) in [5.74, 6) is 0.722. The lowest BCUT2D eigenvalue weighted by Crippen LogP contribution is -2.17. The molecule has 1 aliphatic heterocycles. The molecule has 0 saturated heterocycles. The van der Waals surface area contributed by atoms with E-state index in [0.29, 0.717) is 29.7 Å². The van der Waals surface area contributed by atoms with Crippen LogP contribution in [-0.4, -0.2) is 15.3 Å². The van der Waals surface area contributed by atoms with Crippen molar-refractivity contribution in [2.45, 2.75) is 59.5 Å². The van der Waals surface area contributed by atoms with Crippen molar-refractivity contribution in [3.05, 3.63) is 69.8 Å². The molecule has 0 spiro atoms. The molecule has 4 nitrogen and oxygen atoms in total. The van der Waals surface area contributed by atoms with Crippen LogP contribution in [0.1, 0.15) is 62.5 Å². The van der Waals surface area contributed by atoms with Gasteiger partial charge in [-0.25, -0.2) is 0 Å². The molecule has 2 aromatic rings. The Morgan fingerprint density at radius 3 is 2.34 bits per heavy atom. The fourth-order valence-corrected chi connectivity index (χ4v) is 3.63. The second kappa shape index (κ2) is 8.64. The lowest BCUT2D eigenvalue weighted by atomic mass is 9.89. The molecule has 0 radical (unpaired) electrons. The number of phenolic OH excluding ortho intramolecular Hbond substituents is 3. The summed E-state index contributed by atoms with van der Waals surface area (Å²) in [6.45, 7) is 8.04. The van der Waals surface area contributed by atoms with Crippen LogP contribution in [0.2, 0.25) is 0 Å². The van der Waals surface area contributed by atoms with Crippen LogP contribution in [0.3, 0.4) is 0 Å². The number of fused-ring (bicyclic) bond motifs is 1. The van der Waals surface area contributed by atoms with Gasteiger partial charge in [0.2, 0.25) is 0 Å². The smallest absolute Gasteiger partial charge is 0.161 e. The minimum Gasteiger partial charge on any atom is -0.508 e. The fraction of sp³-hybridized carbons (Fsp3) is 0.360. The Labute approximate surface area is 172 Å². The van der Waals surface area contributed by atoms with Gasteiger partial charge in [-0.3, -0.25) is 0 Å². The van der Waals surface area contributed by atoms with E-state index >= 15 is 0 Å². The van der Waals surface area contributed by atoms with Gasteiger partial charge < -0.3 is 20.1 Å². The topological polar surface area (TPSA) is 69.9 Å². The molecule has 0 fully saturated rings. The highest BCUT2D eigenvalue weighted by molar-refractivity contribution is 5.56. The molecule has 3 rings (SSSR count). The zero-order valence-corrected chi connectivity index (χ0v) is 17.6. The first kappa shape index (κ1) is 20.8. The van der Waals surface area contributed by atoms with Gasteiger partial charge in [0.25, 0.3) is 0 Å². The van der Waals surface area contributed by atoms with Crippen molar-refractivity contribution in [1.29, 1.82) is 0 Å². The van der Waals surface area contributed by atoms with E-state index in [-0.39, 0.29) is 23.4 Å². The van der Waals surface area contributed by atoms with E-state index in [2.05, 4.69) is 0 Å². The van der Waals surface area contributed by atoms with Crippen LogP contribution in [0.5, 0.6) is 23.0 Å². The minimum absolute atomic E-state index is 0.0581. The first-order chi connectivity index (χ1) is 13.8. The molecule has 0 unspecified atom stereocenters. The van der Waals surface area contributed by atoms with Gasteiger partial charge in [0.15, 0.2) is 11.5 Å². The number of aryl methyl sites for hydroxylation is 1. The highest BCUT2D eigenvalue weighted by Crippen LogP contribution is 2.43. The lowest BCUT2D eigenvalue weighted by molar-refractivity contribution is 0.174. The Morgan fingerprint density at radius 2 is 1.66 bits per heavy atom. The van der Waals surface area contributed by atoms with Crippen molar-refractivity contribution in [3.8, 4) is 23.0 Å². The Balaban J connectivity index is 2.07. The zero-order chi connectivity index (χ0) is 21.1. The second-order valence-electron chi connectivity index (χ2n) is 8.21. The summed E-state index contributed by atoms with van der Waals surface area (Å²) in [7, 11) is 0. The molecular weight excluding hydrogens is 364 g/mol. The molecule has 2 aromatic carbocycles. The molecule has 3 N–H and O–H groups in total. The van der Waals surface area contributed by atoms with Crippen LogP contribution >= 0.6 is 0 Å². The first-order valence-electron chi connectivity index (χ1n) is 10.1. The molecule has 1 heterocycles. The van der Waals surface area contributed by atoms with Crippen molar-refractivity contribution in [1.82, 2.24) is 0 Å². The quantitative estimate of drug-likeness (QED) is 0.437. The highest BCUT2D eigenvalue weighted by atomic mass is 16.5. The number of allylic oxidation sites excluding steroid dienone is 4. The molecule has 29 heavy (non-hydrogen) atoms. The average molecular weight is 395 g/mol. The third kappa shape index (κ3) is 4.76. The highest BCUT2D eigenvalue weighted by Gasteiger charge is 2.27. The molecule has 154 valence electrons. The number of aromatic hydroxyl groups is 3. The van der Waals surface area contributed by atoms with Crippen molar-refractivity contribution < 1.29 is 20.1 Å². The Bertz CT molecular complexity index is 961. The van der Waals surface area contributed by atoms with E-state index < -0.39 is 0 Å². The van der Waals surface area contributed by atoms with E-state index in [0.717, 1.165) is 35.1 Å². The maximum atomic E-state index is 10.8. The molecule has 1 atom stereocenters. The van der Waals surface area contributed by atoms with Crippen LogP contribution in [0.25, 0.3) is 0 Å². The Hall–Kier alpha value is -2.88. The average Bonchev–Trinajstić information content (AvgIpc) is 2.67. The molecule has 0 saturated carbocycles. The normalized spacial score (nSPS) is 15.2. The number of hydrogen-bond donors (Lipinski definition) is 3. The summed E-state index contributed by atoms with van der Waals surface area (Å²) in [5.41, 5.74) is 5.63. The standard InChI is InChI=1S/C25H30O4/c1-15(2)5-7-18-13-21(20(11-6-16(3)4)25(28)24(18)27)22-12-9-17-8-10-19(26)14-23(17)29-22/h5-6,8,10,13-14,22,26-28H,7,9,11-12H2,1-4H3/t22-/m1/s1. The van der Waals surface area contributed by atoms with Gasteiger partial charge >= 0.3 is 0 Å². The molecule has 0 aliphatic carbocycles. The predicted molar refractivity (Wildman–Crippen MR) is 116 cm³/mol. The Morgan fingerprint density at radius 1 is 0.966 bits per heavy atom. The van der Waals surface area contributed by atoms with Gasteiger partial charge in [-0.2, -0.15) is 0 Å². The summed E-state index contributed by atoms with van der Waals surface area (Å²) >= 11 is 0. The first-order valence-corrected chi connectivity index (χ1v) is 10.1. The zero-order valence-electron chi connectivity index (χ0n) is 17.6. The van der Waals surface area contributed by atoms with Gasteiger partial charge in [0.05, 0.1) is 0 Å². The second-order valence-corrected chi connectivity index (χ2v) is 8.21. The van der Waals surface area contributed by atoms with Crippen LogP contribution in [0.15, 0.2) is 47.6 Å². The summed E-state index contributed by atoms with van der Waals surface area (Å²) in [5, 5.41) is 31.2. The monoisotopic (exact) mass is 394 g/mol. The van der Waals surface area contributed by atoms with Crippen molar-refractivity contribution in [2.75, 3.05) is 0 Å². The van der Waals surface area contributed by atoms with E-state index in [9.17, 15) is 15.3 Å². The summed E-state index contributed by atoms with van der Waals surface area (Å²) in [4.78, 5) is 0. The maximum absolute atomic E-state index is 10.8. The van der Waals surface area contributed by atoms with Crippen LogP contribution in [0.4, 0.5) is 0 Å². The number of rotatable bonds is 5. The van der Waals surface area contributed by atoms with Crippen molar-refractivity contribution in [2.24, 2.45) is 0 Å². The predicted octanol–water partition coefficient (Wildman–Crippen LogP) is 5.89.